The van der Waals surface area contributed by atoms with E-state index in [2.05, 4.69) is 26.1 Å². The molecule has 0 fully saturated rings. The van der Waals surface area contributed by atoms with E-state index in [0.29, 0.717) is 11.4 Å². The van der Waals surface area contributed by atoms with Crippen LogP contribution in [0.4, 0.5) is 5.69 Å². The lowest BCUT2D eigenvalue weighted by Gasteiger charge is -2.23. The second kappa shape index (κ2) is 10.7. The number of anilines is 1. The summed E-state index contributed by atoms with van der Waals surface area (Å²) in [4.78, 5) is 12.5. The van der Waals surface area contributed by atoms with Gasteiger partial charge in [-0.3, -0.25) is 9.10 Å². The van der Waals surface area contributed by atoms with Crippen LogP contribution in [-0.4, -0.2) is 46.4 Å². The number of ether oxygens (including phenoxy) is 2. The summed E-state index contributed by atoms with van der Waals surface area (Å²) in [5.74, 6) is 0.893. The number of hydrogen-bond acceptors (Lipinski definition) is 5. The first-order valence-electron chi connectivity index (χ1n) is 10.6. The smallest absolute Gasteiger partial charge is 0.240 e. The number of carbonyl (C=O) groups is 1. The Kier molecular flexibility index (Phi) is 8.55. The standard InChI is InChI=1S/C24H34N2O5S/c1-18(2)31-20-11-9-10-19(16-20)26(32(6,28)29)17-23(27)25-14-15-30-22-13-8-7-12-21(22)24(3,4)5/h7-13,16,18H,14-15,17H2,1-6H3,(H,25,27). The fourth-order valence-corrected chi connectivity index (χ4v) is 3.98. The van der Waals surface area contributed by atoms with Gasteiger partial charge in [-0.15, -0.1) is 0 Å². The summed E-state index contributed by atoms with van der Waals surface area (Å²) >= 11 is 0. The molecule has 0 heterocycles. The maximum absolute atomic E-state index is 12.5. The summed E-state index contributed by atoms with van der Waals surface area (Å²) in [6.45, 7) is 10.3. The van der Waals surface area contributed by atoms with E-state index in [1.807, 2.05) is 38.1 Å². The first-order chi connectivity index (χ1) is 14.9. The molecule has 0 atom stereocenters. The minimum atomic E-state index is -3.67. The molecule has 0 saturated carbocycles. The second-order valence-corrected chi connectivity index (χ2v) is 10.8. The average Bonchev–Trinajstić information content (AvgIpc) is 2.68. The van der Waals surface area contributed by atoms with Gasteiger partial charge in [0.2, 0.25) is 15.9 Å². The van der Waals surface area contributed by atoms with Gasteiger partial charge < -0.3 is 14.8 Å². The first-order valence-corrected chi connectivity index (χ1v) is 12.5. The molecule has 7 nitrogen and oxygen atoms in total. The van der Waals surface area contributed by atoms with Crippen LogP contribution >= 0.6 is 0 Å². The molecule has 1 N–H and O–H groups in total. The molecular weight excluding hydrogens is 428 g/mol. The van der Waals surface area contributed by atoms with Crippen molar-refractivity contribution >= 4 is 21.6 Å². The molecule has 0 aliphatic carbocycles. The summed E-state index contributed by atoms with van der Waals surface area (Å²) in [6, 6.07) is 14.5. The van der Waals surface area contributed by atoms with Crippen LogP contribution in [0.5, 0.6) is 11.5 Å². The van der Waals surface area contributed by atoms with Crippen LogP contribution in [0.1, 0.15) is 40.2 Å². The molecule has 8 heteroatoms. The molecule has 0 unspecified atom stereocenters. The maximum Gasteiger partial charge on any atom is 0.240 e. The van der Waals surface area contributed by atoms with Crippen molar-refractivity contribution in [3.8, 4) is 11.5 Å². The molecule has 32 heavy (non-hydrogen) atoms. The van der Waals surface area contributed by atoms with Gasteiger partial charge in [0.1, 0.15) is 24.7 Å². The van der Waals surface area contributed by atoms with Gasteiger partial charge >= 0.3 is 0 Å². The number of nitrogens with one attached hydrogen (secondary N) is 1. The molecular formula is C24H34N2O5S. The molecule has 0 spiro atoms. The van der Waals surface area contributed by atoms with Crippen molar-refractivity contribution in [2.75, 3.05) is 30.3 Å². The topological polar surface area (TPSA) is 84.9 Å². The highest BCUT2D eigenvalue weighted by Gasteiger charge is 2.22. The normalized spacial score (nSPS) is 11.8. The number of benzene rings is 2. The van der Waals surface area contributed by atoms with Crippen LogP contribution in [0.2, 0.25) is 0 Å². The molecule has 176 valence electrons. The maximum atomic E-state index is 12.5. The number of nitrogens with zero attached hydrogens (tertiary/aromatic N) is 1. The summed E-state index contributed by atoms with van der Waals surface area (Å²) in [5.41, 5.74) is 1.39. The fourth-order valence-electron chi connectivity index (χ4n) is 3.13. The lowest BCUT2D eigenvalue weighted by atomic mass is 9.86. The molecule has 0 bridgehead atoms. The Morgan fingerprint density at radius 1 is 1.09 bits per heavy atom. The molecule has 1 amide bonds. The molecule has 2 aromatic rings. The van der Waals surface area contributed by atoms with Gasteiger partial charge in [0.25, 0.3) is 0 Å². The van der Waals surface area contributed by atoms with Crippen LogP contribution in [0.25, 0.3) is 0 Å². The zero-order valence-electron chi connectivity index (χ0n) is 19.7. The first kappa shape index (κ1) is 25.5. The number of hydrogen-bond donors (Lipinski definition) is 1. The Bertz CT molecular complexity index is 1010. The summed E-state index contributed by atoms with van der Waals surface area (Å²) in [5, 5.41) is 2.73. The van der Waals surface area contributed by atoms with Crippen LogP contribution in [0, 0.1) is 0 Å². The van der Waals surface area contributed by atoms with Gasteiger partial charge in [-0.1, -0.05) is 45.0 Å². The number of carbonyl (C=O) groups excluding carboxylic acids is 1. The van der Waals surface area contributed by atoms with E-state index in [1.165, 1.54) is 0 Å². The third kappa shape index (κ3) is 7.75. The van der Waals surface area contributed by atoms with Gasteiger partial charge in [-0.2, -0.15) is 0 Å². The second-order valence-electron chi connectivity index (χ2n) is 8.88. The van der Waals surface area contributed by atoms with Crippen LogP contribution < -0.4 is 19.1 Å². The Balaban J connectivity index is 1.98. The van der Waals surface area contributed by atoms with Gasteiger partial charge in [0.15, 0.2) is 0 Å². The van der Waals surface area contributed by atoms with E-state index in [1.54, 1.807) is 24.3 Å². The van der Waals surface area contributed by atoms with Gasteiger partial charge in [0.05, 0.1) is 24.6 Å². The Labute approximate surface area is 191 Å². The monoisotopic (exact) mass is 462 g/mol. The SMILES string of the molecule is CC(C)Oc1cccc(N(CC(=O)NCCOc2ccccc2C(C)(C)C)S(C)(=O)=O)c1. The van der Waals surface area contributed by atoms with E-state index in [-0.39, 0.29) is 31.2 Å². The highest BCUT2D eigenvalue weighted by atomic mass is 32.2. The minimum absolute atomic E-state index is 0.0522. The quantitative estimate of drug-likeness (QED) is 0.544. The highest BCUT2D eigenvalue weighted by molar-refractivity contribution is 7.92. The van der Waals surface area contributed by atoms with Crippen molar-refractivity contribution < 1.29 is 22.7 Å². The minimum Gasteiger partial charge on any atom is -0.491 e. The van der Waals surface area contributed by atoms with Crippen molar-refractivity contribution in [2.45, 2.75) is 46.1 Å². The van der Waals surface area contributed by atoms with Gasteiger partial charge in [-0.25, -0.2) is 8.42 Å². The average molecular weight is 463 g/mol. The molecule has 0 saturated heterocycles. The molecule has 2 rings (SSSR count). The van der Waals surface area contributed by atoms with Crippen molar-refractivity contribution in [3.63, 3.8) is 0 Å². The van der Waals surface area contributed by atoms with Crippen molar-refractivity contribution in [1.29, 1.82) is 0 Å². The number of amides is 1. The summed E-state index contributed by atoms with van der Waals surface area (Å²) in [6.07, 6.45) is 1.02. The largest absolute Gasteiger partial charge is 0.491 e. The van der Waals surface area contributed by atoms with Crippen LogP contribution in [-0.2, 0) is 20.2 Å². The van der Waals surface area contributed by atoms with Gasteiger partial charge in [0, 0.05) is 6.07 Å². The summed E-state index contributed by atoms with van der Waals surface area (Å²) in [7, 11) is -3.67. The Morgan fingerprint density at radius 2 is 1.78 bits per heavy atom. The van der Waals surface area contributed by atoms with Crippen LogP contribution in [0.15, 0.2) is 48.5 Å². The number of para-hydroxylation sites is 1. The summed E-state index contributed by atoms with van der Waals surface area (Å²) < 4.78 is 37.2. The third-order valence-corrected chi connectivity index (χ3v) is 5.68. The Hall–Kier alpha value is -2.74. The predicted octanol–water partition coefficient (Wildman–Crippen LogP) is 3.73. The van der Waals surface area contributed by atoms with E-state index in [0.717, 1.165) is 21.9 Å². The number of sulfonamides is 1. The van der Waals surface area contributed by atoms with Crippen molar-refractivity contribution in [2.24, 2.45) is 0 Å². The van der Waals surface area contributed by atoms with Crippen molar-refractivity contribution in [1.82, 2.24) is 5.32 Å². The Morgan fingerprint density at radius 3 is 2.41 bits per heavy atom. The fraction of sp³-hybridized carbons (Fsp3) is 0.458. The zero-order valence-corrected chi connectivity index (χ0v) is 20.5. The van der Waals surface area contributed by atoms with Gasteiger partial charge in [-0.05, 0) is 43.0 Å². The molecule has 2 aromatic carbocycles. The molecule has 0 aliphatic heterocycles. The van der Waals surface area contributed by atoms with E-state index in [9.17, 15) is 13.2 Å². The zero-order chi connectivity index (χ0) is 23.9. The third-order valence-electron chi connectivity index (χ3n) is 4.54. The predicted molar refractivity (Wildman–Crippen MR) is 128 cm³/mol. The number of rotatable bonds is 10. The lowest BCUT2D eigenvalue weighted by Crippen LogP contribution is -2.41. The molecule has 0 aromatic heterocycles. The molecule has 0 radical (unpaired) electrons. The van der Waals surface area contributed by atoms with E-state index in [4.69, 9.17) is 9.47 Å². The molecule has 0 aliphatic rings. The van der Waals surface area contributed by atoms with E-state index < -0.39 is 15.9 Å². The van der Waals surface area contributed by atoms with Crippen molar-refractivity contribution in [3.05, 3.63) is 54.1 Å². The van der Waals surface area contributed by atoms with E-state index >= 15 is 0 Å². The highest BCUT2D eigenvalue weighted by Crippen LogP contribution is 2.30. The van der Waals surface area contributed by atoms with Crippen LogP contribution in [0.3, 0.4) is 0 Å². The lowest BCUT2D eigenvalue weighted by molar-refractivity contribution is -0.119.